The molecule has 0 aliphatic heterocycles. The molecule has 0 heterocycles. The standard InChI is InChI=1S/C18H33/c1-3-5-7-9-11-13-15-17-18-16-14-12-10-8-6-4-2/h11,13,16,18H,1,3-10,12,14-15,17H2,2H3. The molecule has 0 rings (SSSR count). The van der Waals surface area contributed by atoms with Crippen LogP contribution in [0.15, 0.2) is 24.3 Å². The fraction of sp³-hybridized carbons (Fsp3) is 0.722. The van der Waals surface area contributed by atoms with Gasteiger partial charge in [-0.25, -0.2) is 0 Å². The summed E-state index contributed by atoms with van der Waals surface area (Å²) in [6.07, 6.45) is 24.9. The maximum atomic E-state index is 3.85. The molecule has 18 heavy (non-hydrogen) atoms. The third kappa shape index (κ3) is 15.5. The van der Waals surface area contributed by atoms with Crippen LogP contribution in [-0.2, 0) is 0 Å². The second kappa shape index (κ2) is 16.5. The van der Waals surface area contributed by atoms with Gasteiger partial charge in [0, 0.05) is 0 Å². The van der Waals surface area contributed by atoms with Crippen molar-refractivity contribution in [2.75, 3.05) is 0 Å². The van der Waals surface area contributed by atoms with Gasteiger partial charge in [0.05, 0.1) is 0 Å². The molecule has 0 aromatic heterocycles. The highest BCUT2D eigenvalue weighted by Gasteiger charge is 1.86. The van der Waals surface area contributed by atoms with Gasteiger partial charge < -0.3 is 0 Å². The van der Waals surface area contributed by atoms with Gasteiger partial charge in [0.1, 0.15) is 0 Å². The highest BCUT2D eigenvalue weighted by atomic mass is 13.9. The molecular weight excluding hydrogens is 216 g/mol. The molecule has 0 unspecified atom stereocenters. The zero-order valence-corrected chi connectivity index (χ0v) is 12.5. The molecule has 0 nitrogen and oxygen atoms in total. The first-order chi connectivity index (χ1) is 8.91. The maximum absolute atomic E-state index is 3.85. The van der Waals surface area contributed by atoms with E-state index in [2.05, 4.69) is 38.2 Å². The molecule has 0 amide bonds. The second-order valence-corrected chi connectivity index (χ2v) is 5.07. The first-order valence-corrected chi connectivity index (χ1v) is 8.01. The molecule has 0 aromatic rings. The van der Waals surface area contributed by atoms with Crippen molar-refractivity contribution in [2.24, 2.45) is 0 Å². The van der Waals surface area contributed by atoms with Gasteiger partial charge in [-0.15, -0.1) is 0 Å². The smallest absolute Gasteiger partial charge is 0.0316 e. The molecule has 0 saturated carbocycles. The summed E-state index contributed by atoms with van der Waals surface area (Å²) in [6.45, 7) is 6.12. The van der Waals surface area contributed by atoms with E-state index in [4.69, 9.17) is 0 Å². The van der Waals surface area contributed by atoms with Crippen LogP contribution in [0.1, 0.15) is 84.0 Å². The van der Waals surface area contributed by atoms with E-state index in [0.717, 1.165) is 6.42 Å². The van der Waals surface area contributed by atoms with Crippen LogP contribution in [0.3, 0.4) is 0 Å². The lowest BCUT2D eigenvalue weighted by molar-refractivity contribution is 0.637. The molecule has 0 aliphatic rings. The summed E-state index contributed by atoms with van der Waals surface area (Å²) in [5.41, 5.74) is 0. The maximum Gasteiger partial charge on any atom is -0.0316 e. The molecule has 0 fully saturated rings. The first-order valence-electron chi connectivity index (χ1n) is 8.01. The van der Waals surface area contributed by atoms with E-state index >= 15 is 0 Å². The molecule has 0 saturated heterocycles. The Balaban J connectivity index is 3.12. The highest BCUT2D eigenvalue weighted by Crippen LogP contribution is 2.06. The van der Waals surface area contributed by atoms with Crippen LogP contribution in [0.5, 0.6) is 0 Å². The summed E-state index contributed by atoms with van der Waals surface area (Å²) < 4.78 is 0. The van der Waals surface area contributed by atoms with Crippen molar-refractivity contribution in [3.05, 3.63) is 31.2 Å². The molecule has 0 aliphatic carbocycles. The van der Waals surface area contributed by atoms with Crippen molar-refractivity contribution in [1.82, 2.24) is 0 Å². The Hall–Kier alpha value is -0.520. The third-order valence-electron chi connectivity index (χ3n) is 3.18. The van der Waals surface area contributed by atoms with E-state index in [9.17, 15) is 0 Å². The van der Waals surface area contributed by atoms with Gasteiger partial charge in [-0.1, -0.05) is 76.7 Å². The van der Waals surface area contributed by atoms with Crippen LogP contribution in [-0.4, -0.2) is 0 Å². The van der Waals surface area contributed by atoms with Gasteiger partial charge >= 0.3 is 0 Å². The predicted octanol–water partition coefficient (Wildman–Crippen LogP) is 6.63. The van der Waals surface area contributed by atoms with Crippen LogP contribution >= 0.6 is 0 Å². The van der Waals surface area contributed by atoms with Crippen LogP contribution in [0.2, 0.25) is 0 Å². The number of hydrogen-bond donors (Lipinski definition) is 0. The molecule has 0 spiro atoms. The summed E-state index contributed by atoms with van der Waals surface area (Å²) in [7, 11) is 0. The molecular formula is C18H33. The quantitative estimate of drug-likeness (QED) is 0.254. The molecule has 0 bridgehead atoms. The van der Waals surface area contributed by atoms with Crippen molar-refractivity contribution in [3.8, 4) is 0 Å². The predicted molar refractivity (Wildman–Crippen MR) is 84.7 cm³/mol. The van der Waals surface area contributed by atoms with E-state index in [1.165, 1.54) is 70.6 Å². The van der Waals surface area contributed by atoms with E-state index in [0.29, 0.717) is 0 Å². The topological polar surface area (TPSA) is 0 Å². The Kier molecular flexibility index (Phi) is 16.0. The molecule has 0 N–H and O–H groups in total. The molecule has 0 heteroatoms. The van der Waals surface area contributed by atoms with Crippen LogP contribution < -0.4 is 0 Å². The Morgan fingerprint density at radius 2 is 1.11 bits per heavy atom. The van der Waals surface area contributed by atoms with Crippen molar-refractivity contribution < 1.29 is 0 Å². The summed E-state index contributed by atoms with van der Waals surface area (Å²) in [4.78, 5) is 0. The minimum atomic E-state index is 1.08. The van der Waals surface area contributed by atoms with Gasteiger partial charge in [-0.05, 0) is 38.5 Å². The number of rotatable bonds is 13. The lowest BCUT2D eigenvalue weighted by Gasteiger charge is -1.96. The minimum Gasteiger partial charge on any atom is -0.0885 e. The fourth-order valence-electron chi connectivity index (χ4n) is 1.97. The SMILES string of the molecule is [CH2]CCCCC=CCCC=CCCCCCCC. The lowest BCUT2D eigenvalue weighted by atomic mass is 10.1. The monoisotopic (exact) mass is 249 g/mol. The zero-order chi connectivity index (χ0) is 13.3. The third-order valence-corrected chi connectivity index (χ3v) is 3.18. The van der Waals surface area contributed by atoms with Crippen molar-refractivity contribution in [1.29, 1.82) is 0 Å². The summed E-state index contributed by atoms with van der Waals surface area (Å²) >= 11 is 0. The van der Waals surface area contributed by atoms with Crippen molar-refractivity contribution >= 4 is 0 Å². The van der Waals surface area contributed by atoms with Gasteiger partial charge in [0.2, 0.25) is 0 Å². The Morgan fingerprint density at radius 3 is 1.67 bits per heavy atom. The van der Waals surface area contributed by atoms with E-state index in [1.54, 1.807) is 0 Å². The summed E-state index contributed by atoms with van der Waals surface area (Å²) in [5.74, 6) is 0. The van der Waals surface area contributed by atoms with Gasteiger partial charge in [0.25, 0.3) is 0 Å². The summed E-state index contributed by atoms with van der Waals surface area (Å²) in [6, 6.07) is 0. The fourth-order valence-corrected chi connectivity index (χ4v) is 1.97. The number of allylic oxidation sites excluding steroid dienone is 4. The average molecular weight is 249 g/mol. The number of hydrogen-bond acceptors (Lipinski definition) is 0. The molecule has 0 aromatic carbocycles. The lowest BCUT2D eigenvalue weighted by Crippen LogP contribution is -1.76. The van der Waals surface area contributed by atoms with Crippen LogP contribution in [0.4, 0.5) is 0 Å². The highest BCUT2D eigenvalue weighted by molar-refractivity contribution is 4.88. The Bertz CT molecular complexity index is 188. The van der Waals surface area contributed by atoms with Gasteiger partial charge in [-0.2, -0.15) is 0 Å². The number of unbranched alkanes of at least 4 members (excludes halogenated alkanes) is 9. The van der Waals surface area contributed by atoms with E-state index < -0.39 is 0 Å². The van der Waals surface area contributed by atoms with Gasteiger partial charge in [0.15, 0.2) is 0 Å². The Morgan fingerprint density at radius 1 is 0.611 bits per heavy atom. The van der Waals surface area contributed by atoms with Crippen LogP contribution in [0, 0.1) is 6.92 Å². The molecule has 0 atom stereocenters. The van der Waals surface area contributed by atoms with Crippen molar-refractivity contribution in [3.63, 3.8) is 0 Å². The van der Waals surface area contributed by atoms with E-state index in [-0.39, 0.29) is 0 Å². The second-order valence-electron chi connectivity index (χ2n) is 5.07. The van der Waals surface area contributed by atoms with E-state index in [1.807, 2.05) is 0 Å². The Labute approximate surface area is 116 Å². The zero-order valence-electron chi connectivity index (χ0n) is 12.5. The van der Waals surface area contributed by atoms with Crippen LogP contribution in [0.25, 0.3) is 0 Å². The van der Waals surface area contributed by atoms with Crippen molar-refractivity contribution in [2.45, 2.75) is 84.0 Å². The summed E-state index contributed by atoms with van der Waals surface area (Å²) in [5, 5.41) is 0. The molecule has 1 radical (unpaired) electrons. The average Bonchev–Trinajstić information content (AvgIpc) is 2.39. The molecule has 105 valence electrons. The first kappa shape index (κ1) is 17.5. The largest absolute Gasteiger partial charge is 0.0885 e. The normalized spacial score (nSPS) is 11.9. The minimum absolute atomic E-state index is 1.08. The van der Waals surface area contributed by atoms with Gasteiger partial charge in [-0.3, -0.25) is 0 Å².